The molecule has 0 aliphatic carbocycles. The van der Waals surface area contributed by atoms with Crippen molar-refractivity contribution in [2.24, 2.45) is 11.1 Å². The maximum absolute atomic E-state index is 11.7. The molecule has 6 nitrogen and oxygen atoms in total. The van der Waals surface area contributed by atoms with Crippen LogP contribution < -0.4 is 5.73 Å². The molecule has 0 fully saturated rings. The molecule has 7 heteroatoms. The smallest absolute Gasteiger partial charge is 0.407 e. The van der Waals surface area contributed by atoms with Crippen LogP contribution in [0.2, 0.25) is 0 Å². The van der Waals surface area contributed by atoms with Crippen LogP contribution in [-0.4, -0.2) is 39.6 Å². The molecule has 1 aromatic heterocycles. The van der Waals surface area contributed by atoms with Crippen molar-refractivity contribution in [3.05, 3.63) is 40.0 Å². The number of benzene rings is 1. The summed E-state index contributed by atoms with van der Waals surface area (Å²) in [7, 11) is 0. The highest BCUT2D eigenvalue weighted by Crippen LogP contribution is 2.39. The molecule has 4 N–H and O–H groups in total. The lowest BCUT2D eigenvalue weighted by atomic mass is 9.79. The van der Waals surface area contributed by atoms with Gasteiger partial charge in [0.25, 0.3) is 5.91 Å². The van der Waals surface area contributed by atoms with Crippen molar-refractivity contribution in [1.29, 1.82) is 0 Å². The molecule has 0 spiro atoms. The number of amides is 2. The predicted octanol–water partition coefficient (Wildman–Crippen LogP) is 4.21. The molecule has 1 unspecified atom stereocenters. The number of H-pyrrole nitrogens is 1. The van der Waals surface area contributed by atoms with Gasteiger partial charge < -0.3 is 20.7 Å². The second kappa shape index (κ2) is 6.46. The first kappa shape index (κ1) is 18.5. The summed E-state index contributed by atoms with van der Waals surface area (Å²) in [5.74, 6) is -0.494. The summed E-state index contributed by atoms with van der Waals surface area (Å²) >= 11 is 3.44. The van der Waals surface area contributed by atoms with Gasteiger partial charge in [-0.1, -0.05) is 42.8 Å². The second-order valence-electron chi connectivity index (χ2n) is 7.69. The van der Waals surface area contributed by atoms with Gasteiger partial charge in [0.05, 0.1) is 11.1 Å². The van der Waals surface area contributed by atoms with Crippen LogP contribution in [0.4, 0.5) is 4.79 Å². The maximum atomic E-state index is 11.7. The molecular formula is C19H22BrN3O3. The van der Waals surface area contributed by atoms with E-state index in [1.165, 1.54) is 4.90 Å². The van der Waals surface area contributed by atoms with Crippen molar-refractivity contribution in [2.75, 3.05) is 6.54 Å². The monoisotopic (exact) mass is 419 g/mol. The molecule has 138 valence electrons. The van der Waals surface area contributed by atoms with E-state index >= 15 is 0 Å². The molecule has 1 aromatic carbocycles. The van der Waals surface area contributed by atoms with Gasteiger partial charge >= 0.3 is 6.09 Å². The zero-order valence-corrected chi connectivity index (χ0v) is 16.6. The molecular weight excluding hydrogens is 398 g/mol. The maximum Gasteiger partial charge on any atom is 0.407 e. The van der Waals surface area contributed by atoms with E-state index in [0.29, 0.717) is 24.0 Å². The number of hydrogen-bond acceptors (Lipinski definition) is 2. The number of nitrogens with one attached hydrogen (secondary N) is 1. The minimum absolute atomic E-state index is 0.132. The fraction of sp³-hybridized carbons (Fsp3) is 0.368. The van der Waals surface area contributed by atoms with E-state index in [1.54, 1.807) is 6.07 Å². The van der Waals surface area contributed by atoms with Crippen molar-refractivity contribution >= 4 is 44.4 Å². The Balaban J connectivity index is 2.10. The molecule has 1 atom stereocenters. The van der Waals surface area contributed by atoms with E-state index < -0.39 is 12.0 Å². The fourth-order valence-electron chi connectivity index (χ4n) is 3.60. The summed E-state index contributed by atoms with van der Waals surface area (Å²) in [6, 6.07) is 3.52. The second-order valence-corrected chi connectivity index (χ2v) is 8.61. The Labute approximate surface area is 160 Å². The van der Waals surface area contributed by atoms with E-state index in [2.05, 4.69) is 20.9 Å². The van der Waals surface area contributed by atoms with Crippen molar-refractivity contribution in [2.45, 2.75) is 33.2 Å². The SMILES string of the molecule is CC(C)(C)C1CC(c2c[nH]c3c(C(N)=O)cc(Br)cc23)=CCN1C(=O)O. The van der Waals surface area contributed by atoms with Gasteiger partial charge in [-0.25, -0.2) is 4.79 Å². The zero-order valence-electron chi connectivity index (χ0n) is 15.0. The van der Waals surface area contributed by atoms with Crippen molar-refractivity contribution in [3.8, 4) is 0 Å². The van der Waals surface area contributed by atoms with Crippen LogP contribution >= 0.6 is 15.9 Å². The number of aromatic amines is 1. The molecule has 2 heterocycles. The number of carbonyl (C=O) groups excluding carboxylic acids is 1. The first-order chi connectivity index (χ1) is 12.1. The minimum Gasteiger partial charge on any atom is -0.465 e. The van der Waals surface area contributed by atoms with Crippen molar-refractivity contribution in [1.82, 2.24) is 9.88 Å². The molecule has 0 saturated carbocycles. The average molecular weight is 420 g/mol. The largest absolute Gasteiger partial charge is 0.465 e. The van der Waals surface area contributed by atoms with Gasteiger partial charge in [0.2, 0.25) is 0 Å². The summed E-state index contributed by atoms with van der Waals surface area (Å²) in [6.45, 7) is 6.49. The summed E-state index contributed by atoms with van der Waals surface area (Å²) in [5, 5.41) is 10.4. The molecule has 3 rings (SSSR count). The average Bonchev–Trinajstić information content (AvgIpc) is 2.96. The Morgan fingerprint density at radius 3 is 2.62 bits per heavy atom. The molecule has 0 saturated heterocycles. The van der Waals surface area contributed by atoms with E-state index in [-0.39, 0.29) is 11.5 Å². The van der Waals surface area contributed by atoms with Gasteiger partial charge in [-0.05, 0) is 29.5 Å². The zero-order chi connectivity index (χ0) is 19.2. The van der Waals surface area contributed by atoms with E-state index in [4.69, 9.17) is 5.73 Å². The van der Waals surface area contributed by atoms with E-state index in [1.807, 2.05) is 39.1 Å². The third-order valence-electron chi connectivity index (χ3n) is 4.93. The number of carboxylic acid groups (broad SMARTS) is 1. The number of primary amides is 1. The third-order valence-corrected chi connectivity index (χ3v) is 5.39. The highest BCUT2D eigenvalue weighted by atomic mass is 79.9. The number of halogens is 1. The summed E-state index contributed by atoms with van der Waals surface area (Å²) in [5.41, 5.74) is 8.48. The Morgan fingerprint density at radius 1 is 1.35 bits per heavy atom. The molecule has 0 bridgehead atoms. The van der Waals surface area contributed by atoms with Gasteiger partial charge in [-0.15, -0.1) is 0 Å². The quantitative estimate of drug-likeness (QED) is 0.679. The Morgan fingerprint density at radius 2 is 2.04 bits per heavy atom. The number of aromatic nitrogens is 1. The Bertz CT molecular complexity index is 924. The Hall–Kier alpha value is -2.28. The topological polar surface area (TPSA) is 99.4 Å². The van der Waals surface area contributed by atoms with Crippen molar-refractivity contribution in [3.63, 3.8) is 0 Å². The van der Waals surface area contributed by atoms with Gasteiger partial charge in [-0.3, -0.25) is 4.79 Å². The molecule has 26 heavy (non-hydrogen) atoms. The first-order valence-electron chi connectivity index (χ1n) is 8.39. The van der Waals surface area contributed by atoms with Gasteiger partial charge in [-0.2, -0.15) is 0 Å². The van der Waals surface area contributed by atoms with Gasteiger partial charge in [0, 0.05) is 34.2 Å². The normalized spacial score (nSPS) is 18.1. The third kappa shape index (κ3) is 3.23. The lowest BCUT2D eigenvalue weighted by Crippen LogP contribution is -2.48. The molecule has 0 radical (unpaired) electrons. The van der Waals surface area contributed by atoms with Crippen LogP contribution in [0.5, 0.6) is 0 Å². The number of hydrogen-bond donors (Lipinski definition) is 3. The number of nitrogens with two attached hydrogens (primary N) is 1. The summed E-state index contributed by atoms with van der Waals surface area (Å²) in [4.78, 5) is 28.0. The van der Waals surface area contributed by atoms with Crippen LogP contribution in [0.3, 0.4) is 0 Å². The van der Waals surface area contributed by atoms with Crippen LogP contribution in [0.1, 0.15) is 43.1 Å². The van der Waals surface area contributed by atoms with E-state index in [0.717, 1.165) is 21.0 Å². The Kier molecular flexibility index (Phi) is 4.60. The van der Waals surface area contributed by atoms with Crippen LogP contribution in [-0.2, 0) is 0 Å². The number of fused-ring (bicyclic) bond motifs is 1. The summed E-state index contributed by atoms with van der Waals surface area (Å²) < 4.78 is 0.774. The first-order valence-corrected chi connectivity index (χ1v) is 9.18. The molecule has 1 aliphatic heterocycles. The highest BCUT2D eigenvalue weighted by Gasteiger charge is 2.36. The van der Waals surface area contributed by atoms with Crippen LogP contribution in [0, 0.1) is 5.41 Å². The predicted molar refractivity (Wildman–Crippen MR) is 105 cm³/mol. The highest BCUT2D eigenvalue weighted by molar-refractivity contribution is 9.10. The minimum atomic E-state index is -0.905. The molecule has 2 amide bonds. The number of nitrogens with zero attached hydrogens (tertiary/aromatic N) is 1. The fourth-order valence-corrected chi connectivity index (χ4v) is 4.06. The van der Waals surface area contributed by atoms with Crippen molar-refractivity contribution < 1.29 is 14.7 Å². The van der Waals surface area contributed by atoms with Gasteiger partial charge in [0.15, 0.2) is 0 Å². The lowest BCUT2D eigenvalue weighted by molar-refractivity contribution is 0.0884. The number of carbonyl (C=O) groups is 2. The molecule has 2 aromatic rings. The lowest BCUT2D eigenvalue weighted by Gasteiger charge is -2.41. The van der Waals surface area contributed by atoms with E-state index in [9.17, 15) is 14.7 Å². The standard InChI is InChI=1S/C19H22BrN3O3/c1-19(2,3)15-6-10(4-5-23(15)18(25)26)14-9-22-16-12(14)7-11(20)8-13(16)17(21)24/h4,7-9,15,22H,5-6H2,1-3H3,(H2,21,24)(H,25,26). The summed E-state index contributed by atoms with van der Waals surface area (Å²) in [6.07, 6.45) is 3.52. The van der Waals surface area contributed by atoms with Crippen LogP contribution in [0.25, 0.3) is 16.5 Å². The molecule has 1 aliphatic rings. The van der Waals surface area contributed by atoms with Gasteiger partial charge in [0.1, 0.15) is 0 Å². The number of rotatable bonds is 2. The van der Waals surface area contributed by atoms with Crippen LogP contribution in [0.15, 0.2) is 28.9 Å².